The first kappa shape index (κ1) is 28.2. The number of nitrogens with one attached hydrogen (secondary N) is 1. The van der Waals surface area contributed by atoms with E-state index in [4.69, 9.17) is 4.74 Å². The zero-order chi connectivity index (χ0) is 28.6. The SMILES string of the molecule is C[C@@H]1CN(c2cc(F)c(-c3cnc(N4CCOCC4)nc3)cc2NC(=O)c2scnc2C(F)(F)F)C[C@H](C)N1C. The summed E-state index contributed by atoms with van der Waals surface area (Å²) in [6, 6.07) is 2.98. The van der Waals surface area contributed by atoms with Gasteiger partial charge in [-0.25, -0.2) is 19.3 Å². The summed E-state index contributed by atoms with van der Waals surface area (Å²) in [6.07, 6.45) is -1.80. The van der Waals surface area contributed by atoms with Gasteiger partial charge in [0.2, 0.25) is 5.95 Å². The summed E-state index contributed by atoms with van der Waals surface area (Å²) in [6.45, 7) is 7.53. The number of rotatable bonds is 5. The molecule has 4 heterocycles. The van der Waals surface area contributed by atoms with E-state index < -0.39 is 28.5 Å². The number of carbonyl (C=O) groups excluding carboxylic acids is 1. The van der Waals surface area contributed by atoms with Crippen LogP contribution in [-0.2, 0) is 10.9 Å². The number of aromatic nitrogens is 3. The highest BCUT2D eigenvalue weighted by atomic mass is 32.1. The molecule has 14 heteroatoms. The summed E-state index contributed by atoms with van der Waals surface area (Å²) in [4.78, 5) is 30.8. The zero-order valence-corrected chi connectivity index (χ0v) is 23.0. The number of morpholine rings is 1. The van der Waals surface area contributed by atoms with Crippen LogP contribution in [0.15, 0.2) is 30.0 Å². The largest absolute Gasteiger partial charge is 0.434 e. The molecular formula is C26H29F4N7O2S. The number of amides is 1. The van der Waals surface area contributed by atoms with E-state index in [2.05, 4.69) is 25.2 Å². The molecule has 2 aliphatic rings. The van der Waals surface area contributed by atoms with E-state index in [1.807, 2.05) is 30.7 Å². The van der Waals surface area contributed by atoms with Crippen LogP contribution in [0.2, 0.25) is 0 Å². The topological polar surface area (TPSA) is 86.7 Å². The highest BCUT2D eigenvalue weighted by Gasteiger charge is 2.39. The van der Waals surface area contributed by atoms with Crippen molar-refractivity contribution in [3.63, 3.8) is 0 Å². The van der Waals surface area contributed by atoms with E-state index in [0.717, 1.165) is 5.51 Å². The Hall–Kier alpha value is -3.36. The van der Waals surface area contributed by atoms with Crippen molar-refractivity contribution in [2.24, 2.45) is 0 Å². The Morgan fingerprint density at radius 1 is 1.05 bits per heavy atom. The maximum absolute atomic E-state index is 15.6. The molecule has 3 aromatic rings. The molecule has 1 N–H and O–H groups in total. The Bertz CT molecular complexity index is 1350. The molecule has 1 aromatic carbocycles. The molecule has 0 saturated carbocycles. The van der Waals surface area contributed by atoms with E-state index in [1.54, 1.807) is 0 Å². The molecule has 2 fully saturated rings. The molecule has 2 aromatic heterocycles. The first-order valence-corrected chi connectivity index (χ1v) is 13.7. The van der Waals surface area contributed by atoms with Gasteiger partial charge in [-0.2, -0.15) is 13.2 Å². The third kappa shape index (κ3) is 5.74. The number of benzene rings is 1. The van der Waals surface area contributed by atoms with Gasteiger partial charge in [-0.05, 0) is 33.0 Å². The summed E-state index contributed by atoms with van der Waals surface area (Å²) in [5.74, 6) is -1.05. The number of thiazole rings is 1. The molecule has 1 amide bonds. The highest BCUT2D eigenvalue weighted by Crippen LogP contribution is 2.38. The number of anilines is 3. The van der Waals surface area contributed by atoms with Crippen molar-refractivity contribution in [1.29, 1.82) is 0 Å². The van der Waals surface area contributed by atoms with Crippen LogP contribution in [0, 0.1) is 5.82 Å². The van der Waals surface area contributed by atoms with Gasteiger partial charge in [-0.3, -0.25) is 9.69 Å². The fraction of sp³-hybridized carbons (Fsp3) is 0.462. The normalized spacial score (nSPS) is 20.6. The molecule has 2 saturated heterocycles. The van der Waals surface area contributed by atoms with E-state index in [-0.39, 0.29) is 23.3 Å². The number of piperazine rings is 1. The van der Waals surface area contributed by atoms with Crippen LogP contribution >= 0.6 is 11.3 Å². The third-order valence-electron chi connectivity index (χ3n) is 7.32. The zero-order valence-electron chi connectivity index (χ0n) is 22.2. The van der Waals surface area contributed by atoms with Gasteiger partial charge in [0.15, 0.2) is 5.69 Å². The van der Waals surface area contributed by atoms with Crippen LogP contribution in [0.4, 0.5) is 34.9 Å². The molecule has 0 aliphatic carbocycles. The van der Waals surface area contributed by atoms with Gasteiger partial charge in [0.25, 0.3) is 5.91 Å². The van der Waals surface area contributed by atoms with Gasteiger partial charge < -0.3 is 19.9 Å². The molecule has 9 nitrogen and oxygen atoms in total. The number of alkyl halides is 3. The summed E-state index contributed by atoms with van der Waals surface area (Å²) in [7, 11) is 2.00. The summed E-state index contributed by atoms with van der Waals surface area (Å²) in [5, 5.41) is 2.61. The minimum absolute atomic E-state index is 0.114. The Morgan fingerprint density at radius 3 is 2.33 bits per heavy atom. The predicted molar refractivity (Wildman–Crippen MR) is 144 cm³/mol. The van der Waals surface area contributed by atoms with Crippen LogP contribution < -0.4 is 15.1 Å². The predicted octanol–water partition coefficient (Wildman–Crippen LogP) is 4.38. The molecular weight excluding hydrogens is 550 g/mol. The molecule has 5 rings (SSSR count). The smallest absolute Gasteiger partial charge is 0.378 e. The second-order valence-corrected chi connectivity index (χ2v) is 10.8. The first-order chi connectivity index (χ1) is 19.0. The number of hydrogen-bond acceptors (Lipinski definition) is 9. The lowest BCUT2D eigenvalue weighted by Crippen LogP contribution is -2.55. The number of halogens is 4. The molecule has 2 atom stereocenters. The highest BCUT2D eigenvalue weighted by molar-refractivity contribution is 7.12. The number of hydrogen-bond donors (Lipinski definition) is 1. The summed E-state index contributed by atoms with van der Waals surface area (Å²) in [5.41, 5.74) is 0.766. The molecule has 2 aliphatic heterocycles. The Labute approximate surface area is 232 Å². The lowest BCUT2D eigenvalue weighted by molar-refractivity contribution is -0.141. The van der Waals surface area contributed by atoms with Gasteiger partial charge in [0.05, 0.1) is 30.1 Å². The first-order valence-electron chi connectivity index (χ1n) is 12.8. The lowest BCUT2D eigenvalue weighted by Gasteiger charge is -2.44. The van der Waals surface area contributed by atoms with E-state index >= 15 is 4.39 Å². The molecule has 40 heavy (non-hydrogen) atoms. The number of likely N-dealkylation sites (N-methyl/N-ethyl adjacent to an activating group) is 1. The standard InChI is InChI=1S/C26H29F4N7O2S/c1-15-12-37(13-16(2)35(15)3)21-9-19(27)18(17-10-31-25(32-11-17)36-4-6-39-7-5-36)8-20(21)34-24(38)22-23(26(28,29)30)33-14-40-22/h8-11,14-16H,4-7,12-13H2,1-3H3,(H,34,38)/t15-,16+. The maximum atomic E-state index is 15.6. The minimum Gasteiger partial charge on any atom is -0.378 e. The van der Waals surface area contributed by atoms with Crippen molar-refractivity contribution in [2.45, 2.75) is 32.1 Å². The van der Waals surface area contributed by atoms with Crippen molar-refractivity contribution < 1.29 is 27.1 Å². The molecule has 0 spiro atoms. The monoisotopic (exact) mass is 579 g/mol. The summed E-state index contributed by atoms with van der Waals surface area (Å²) < 4.78 is 61.4. The van der Waals surface area contributed by atoms with Crippen molar-refractivity contribution >= 4 is 34.6 Å². The quantitative estimate of drug-likeness (QED) is 0.446. The Kier molecular flexibility index (Phi) is 7.93. The Balaban J connectivity index is 1.52. The van der Waals surface area contributed by atoms with Crippen molar-refractivity contribution in [3.8, 4) is 11.1 Å². The van der Waals surface area contributed by atoms with Crippen molar-refractivity contribution in [2.75, 3.05) is 61.6 Å². The van der Waals surface area contributed by atoms with Crippen LogP contribution in [0.3, 0.4) is 0 Å². The van der Waals surface area contributed by atoms with Gasteiger partial charge in [-0.15, -0.1) is 11.3 Å². The number of carbonyl (C=O) groups is 1. The number of ether oxygens (including phenoxy) is 1. The second-order valence-electron chi connectivity index (χ2n) is 9.97. The lowest BCUT2D eigenvalue weighted by atomic mass is 10.0. The third-order valence-corrected chi connectivity index (χ3v) is 8.14. The maximum Gasteiger partial charge on any atom is 0.434 e. The molecule has 0 radical (unpaired) electrons. The molecule has 0 unspecified atom stereocenters. The fourth-order valence-corrected chi connectivity index (χ4v) is 5.62. The summed E-state index contributed by atoms with van der Waals surface area (Å²) >= 11 is 0.594. The van der Waals surface area contributed by atoms with Crippen LogP contribution in [0.5, 0.6) is 0 Å². The fourth-order valence-electron chi connectivity index (χ4n) is 4.92. The molecule has 0 bridgehead atoms. The molecule has 214 valence electrons. The van der Waals surface area contributed by atoms with Crippen molar-refractivity contribution in [3.05, 3.63) is 46.4 Å². The van der Waals surface area contributed by atoms with Gasteiger partial charge in [0, 0.05) is 61.8 Å². The second kappa shape index (κ2) is 11.3. The average Bonchev–Trinajstić information content (AvgIpc) is 3.44. The van der Waals surface area contributed by atoms with Crippen LogP contribution in [0.1, 0.15) is 29.2 Å². The Morgan fingerprint density at radius 2 is 1.70 bits per heavy atom. The van der Waals surface area contributed by atoms with Gasteiger partial charge >= 0.3 is 6.18 Å². The van der Waals surface area contributed by atoms with Crippen molar-refractivity contribution in [1.82, 2.24) is 19.9 Å². The van der Waals surface area contributed by atoms with Gasteiger partial charge in [0.1, 0.15) is 10.7 Å². The van der Waals surface area contributed by atoms with Crippen LogP contribution in [0.25, 0.3) is 11.1 Å². The number of nitrogens with zero attached hydrogens (tertiary/aromatic N) is 6. The van der Waals surface area contributed by atoms with Gasteiger partial charge in [-0.1, -0.05) is 0 Å². The van der Waals surface area contributed by atoms with E-state index in [1.165, 1.54) is 24.5 Å². The van der Waals surface area contributed by atoms with E-state index in [9.17, 15) is 18.0 Å². The van der Waals surface area contributed by atoms with Crippen LogP contribution in [-0.4, -0.2) is 84.3 Å². The van der Waals surface area contributed by atoms with E-state index in [0.29, 0.717) is 67.9 Å². The average molecular weight is 580 g/mol. The minimum atomic E-state index is -4.79.